The Kier molecular flexibility index (Phi) is 7.99. The van der Waals surface area contributed by atoms with Gasteiger partial charge in [0.25, 0.3) is 0 Å². The highest BCUT2D eigenvalue weighted by molar-refractivity contribution is 7.89. The highest BCUT2D eigenvalue weighted by Gasteiger charge is 2.49. The molecule has 1 saturated heterocycles. The Morgan fingerprint density at radius 3 is 2.38 bits per heavy atom. The van der Waals surface area contributed by atoms with Gasteiger partial charge in [-0.1, -0.05) is 39.0 Å². The normalized spacial score (nSPS) is 15.1. The largest absolute Gasteiger partial charge is 0.489 e. The van der Waals surface area contributed by atoms with Crippen molar-refractivity contribution in [2.45, 2.75) is 57.6 Å². The van der Waals surface area contributed by atoms with E-state index in [2.05, 4.69) is 9.71 Å². The van der Waals surface area contributed by atoms with Gasteiger partial charge in [0.05, 0.1) is 29.5 Å². The number of amides is 1. The summed E-state index contributed by atoms with van der Waals surface area (Å²) in [6.07, 6.45) is 0.146. The van der Waals surface area contributed by atoms with Crippen LogP contribution in [0.1, 0.15) is 44.9 Å². The number of methoxy groups -OCH3 is 1. The number of para-hydroxylation sites is 1. The van der Waals surface area contributed by atoms with Gasteiger partial charge in [-0.05, 0) is 48.7 Å². The molecule has 0 radical (unpaired) electrons. The Balaban J connectivity index is 1.45. The zero-order chi connectivity index (χ0) is 28.4. The number of hydrogen-bond donors (Lipinski definition) is 1. The first kappa shape index (κ1) is 28.5. The molecule has 0 aliphatic carbocycles. The van der Waals surface area contributed by atoms with Gasteiger partial charge >= 0.3 is 5.97 Å². The van der Waals surface area contributed by atoms with Gasteiger partial charge in [-0.2, -0.15) is 0 Å². The van der Waals surface area contributed by atoms with Gasteiger partial charge in [-0.15, -0.1) is 0 Å². The number of aryl methyl sites for hydroxylation is 1. The monoisotopic (exact) mass is 553 g/mol. The standard InChI is InChI=1S/C29H35N3O6S/c1-20-14-21(24-8-6-7-9-25(24)30-20)17-38-22-10-12-23(13-11-22)39(35,36)31-29(16-27(34)37-5)18-32(19-29)26(33)15-28(2,3)4/h6-14,31H,15-19H2,1-5H3. The fraction of sp³-hybridized carbons (Fsp3) is 0.414. The van der Waals surface area contributed by atoms with Crippen LogP contribution in [0.4, 0.5) is 0 Å². The van der Waals surface area contributed by atoms with Crippen molar-refractivity contribution in [3.8, 4) is 5.75 Å². The van der Waals surface area contributed by atoms with Crippen LogP contribution in [0.3, 0.4) is 0 Å². The van der Waals surface area contributed by atoms with E-state index in [9.17, 15) is 18.0 Å². The van der Waals surface area contributed by atoms with E-state index in [0.717, 1.165) is 22.2 Å². The summed E-state index contributed by atoms with van der Waals surface area (Å²) in [5.74, 6) is -0.122. The molecule has 39 heavy (non-hydrogen) atoms. The van der Waals surface area contributed by atoms with Crippen LogP contribution >= 0.6 is 0 Å². The van der Waals surface area contributed by atoms with E-state index in [4.69, 9.17) is 9.47 Å². The second-order valence-corrected chi connectivity index (χ2v) is 13.0. The molecule has 0 spiro atoms. The Morgan fingerprint density at radius 1 is 1.08 bits per heavy atom. The number of aromatic nitrogens is 1. The molecule has 0 atom stereocenters. The van der Waals surface area contributed by atoms with Crippen molar-refractivity contribution in [2.75, 3.05) is 20.2 Å². The Morgan fingerprint density at radius 2 is 1.74 bits per heavy atom. The van der Waals surface area contributed by atoms with Crippen molar-refractivity contribution < 1.29 is 27.5 Å². The molecule has 1 aromatic heterocycles. The van der Waals surface area contributed by atoms with Crippen LogP contribution in [-0.2, 0) is 31.0 Å². The first-order chi connectivity index (χ1) is 18.3. The molecule has 0 saturated carbocycles. The molecule has 2 aromatic carbocycles. The zero-order valence-electron chi connectivity index (χ0n) is 23.0. The number of hydrogen-bond acceptors (Lipinski definition) is 7. The molecule has 3 aromatic rings. The predicted molar refractivity (Wildman–Crippen MR) is 148 cm³/mol. The molecule has 1 aliphatic rings. The summed E-state index contributed by atoms with van der Waals surface area (Å²) >= 11 is 0. The second kappa shape index (κ2) is 10.9. The molecule has 2 heterocycles. The number of rotatable bonds is 9. The number of nitrogens with zero attached hydrogens (tertiary/aromatic N) is 2. The minimum Gasteiger partial charge on any atom is -0.489 e. The second-order valence-electron chi connectivity index (χ2n) is 11.3. The summed E-state index contributed by atoms with van der Waals surface area (Å²) in [6.45, 7) is 8.30. The van der Waals surface area contributed by atoms with Crippen LogP contribution in [0.2, 0.25) is 0 Å². The number of sulfonamides is 1. The van der Waals surface area contributed by atoms with Crippen LogP contribution in [-0.4, -0.2) is 55.9 Å². The first-order valence-electron chi connectivity index (χ1n) is 12.8. The highest BCUT2D eigenvalue weighted by atomic mass is 32.2. The quantitative estimate of drug-likeness (QED) is 0.399. The third-order valence-corrected chi connectivity index (χ3v) is 8.14. The number of pyridine rings is 1. The molecule has 1 aliphatic heterocycles. The number of benzene rings is 2. The number of carbonyl (C=O) groups excluding carboxylic acids is 2. The van der Waals surface area contributed by atoms with Crippen LogP contribution in [0.15, 0.2) is 59.5 Å². The number of likely N-dealkylation sites (tertiary alicyclic amines) is 1. The number of fused-ring (bicyclic) bond motifs is 1. The third-order valence-electron chi connectivity index (χ3n) is 6.54. The van der Waals surface area contributed by atoms with E-state index in [-0.39, 0.29) is 35.7 Å². The van der Waals surface area contributed by atoms with Gasteiger partial charge < -0.3 is 14.4 Å². The maximum absolute atomic E-state index is 13.3. The van der Waals surface area contributed by atoms with Crippen LogP contribution in [0, 0.1) is 12.3 Å². The summed E-state index contributed by atoms with van der Waals surface area (Å²) in [4.78, 5) is 30.9. The average Bonchev–Trinajstić information content (AvgIpc) is 2.84. The maximum atomic E-state index is 13.3. The fourth-order valence-electron chi connectivity index (χ4n) is 4.72. The lowest BCUT2D eigenvalue weighted by Gasteiger charge is -2.50. The molecule has 0 unspecified atom stereocenters. The maximum Gasteiger partial charge on any atom is 0.307 e. The fourth-order valence-corrected chi connectivity index (χ4v) is 6.11. The van der Waals surface area contributed by atoms with E-state index in [1.807, 2.05) is 58.0 Å². The van der Waals surface area contributed by atoms with Gasteiger partial charge in [0, 0.05) is 36.2 Å². The van der Waals surface area contributed by atoms with E-state index >= 15 is 0 Å². The molecular weight excluding hydrogens is 518 g/mol. The van der Waals surface area contributed by atoms with E-state index in [0.29, 0.717) is 18.8 Å². The van der Waals surface area contributed by atoms with Crippen LogP contribution in [0.5, 0.6) is 5.75 Å². The molecule has 1 amide bonds. The molecule has 0 bridgehead atoms. The number of ether oxygens (including phenoxy) is 2. The van der Waals surface area contributed by atoms with E-state index in [1.54, 1.807) is 17.0 Å². The smallest absolute Gasteiger partial charge is 0.307 e. The minimum absolute atomic E-state index is 0.0313. The van der Waals surface area contributed by atoms with Gasteiger partial charge in [0.1, 0.15) is 12.4 Å². The lowest BCUT2D eigenvalue weighted by molar-refractivity contribution is -0.150. The number of nitrogens with one attached hydrogen (secondary N) is 1. The molecule has 10 heteroatoms. The van der Waals surface area contributed by atoms with E-state index in [1.165, 1.54) is 19.2 Å². The topological polar surface area (TPSA) is 115 Å². The van der Waals surface area contributed by atoms with Crippen molar-refractivity contribution in [1.29, 1.82) is 0 Å². The minimum atomic E-state index is -3.99. The van der Waals surface area contributed by atoms with Gasteiger partial charge in [0.15, 0.2) is 0 Å². The number of carbonyl (C=O) groups is 2. The number of esters is 1. The van der Waals surface area contributed by atoms with Gasteiger partial charge in [-0.25, -0.2) is 13.1 Å². The summed E-state index contributed by atoms with van der Waals surface area (Å²) in [5, 5.41) is 0.998. The lowest BCUT2D eigenvalue weighted by atomic mass is 9.85. The molecule has 4 rings (SSSR count). The molecular formula is C29H35N3O6S. The highest BCUT2D eigenvalue weighted by Crippen LogP contribution is 2.31. The molecule has 208 valence electrons. The van der Waals surface area contributed by atoms with Crippen LogP contribution < -0.4 is 9.46 Å². The molecule has 9 nitrogen and oxygen atoms in total. The summed E-state index contributed by atoms with van der Waals surface area (Å²) < 4.78 is 40.0. The SMILES string of the molecule is COC(=O)CC1(NS(=O)(=O)c2ccc(OCc3cc(C)nc4ccccc34)cc2)CN(C(=O)CC(C)(C)C)C1. The van der Waals surface area contributed by atoms with Crippen molar-refractivity contribution >= 4 is 32.8 Å². The van der Waals surface area contributed by atoms with Crippen molar-refractivity contribution in [2.24, 2.45) is 5.41 Å². The first-order valence-corrected chi connectivity index (χ1v) is 14.2. The predicted octanol–water partition coefficient (Wildman–Crippen LogP) is 3.98. The van der Waals surface area contributed by atoms with Crippen molar-refractivity contribution in [1.82, 2.24) is 14.6 Å². The Hall–Kier alpha value is -3.50. The zero-order valence-corrected chi connectivity index (χ0v) is 23.8. The van der Waals surface area contributed by atoms with Gasteiger partial charge in [-0.3, -0.25) is 14.6 Å². The summed E-state index contributed by atoms with van der Waals surface area (Å²) in [5.41, 5.74) is 1.42. The van der Waals surface area contributed by atoms with Gasteiger partial charge in [0.2, 0.25) is 15.9 Å². The average molecular weight is 554 g/mol. The van der Waals surface area contributed by atoms with Crippen molar-refractivity contribution in [3.05, 3.63) is 65.9 Å². The van der Waals surface area contributed by atoms with E-state index < -0.39 is 21.5 Å². The molecule has 1 N–H and O–H groups in total. The van der Waals surface area contributed by atoms with Crippen molar-refractivity contribution in [3.63, 3.8) is 0 Å². The summed E-state index contributed by atoms with van der Waals surface area (Å²) in [7, 11) is -2.74. The summed E-state index contributed by atoms with van der Waals surface area (Å²) in [6, 6.07) is 15.9. The Labute approximate surface area is 229 Å². The Bertz CT molecular complexity index is 1470. The lowest BCUT2D eigenvalue weighted by Crippen LogP contribution is -2.72. The molecule has 1 fully saturated rings. The third kappa shape index (κ3) is 6.93. The van der Waals surface area contributed by atoms with Crippen LogP contribution in [0.25, 0.3) is 10.9 Å².